The van der Waals surface area contributed by atoms with Crippen molar-refractivity contribution in [1.29, 1.82) is 0 Å². The van der Waals surface area contributed by atoms with Crippen LogP contribution in [0.15, 0.2) is 48.5 Å². The van der Waals surface area contributed by atoms with E-state index >= 15 is 0 Å². The third-order valence-corrected chi connectivity index (χ3v) is 5.02. The Labute approximate surface area is 206 Å². The highest BCUT2D eigenvalue weighted by molar-refractivity contribution is 5.98. The lowest BCUT2D eigenvalue weighted by Gasteiger charge is -2.36. The molecule has 11 heteroatoms. The maximum atomic E-state index is 13.8. The van der Waals surface area contributed by atoms with Crippen LogP contribution in [0.3, 0.4) is 0 Å². The number of alkyl halides is 2. The van der Waals surface area contributed by atoms with E-state index in [-0.39, 0.29) is 5.56 Å². The summed E-state index contributed by atoms with van der Waals surface area (Å²) in [5.74, 6) is 9.54. The van der Waals surface area contributed by atoms with E-state index in [0.29, 0.717) is 11.3 Å². The molecule has 0 saturated carbocycles. The van der Waals surface area contributed by atoms with Crippen LogP contribution in [0.25, 0.3) is 0 Å². The summed E-state index contributed by atoms with van der Waals surface area (Å²) in [6.07, 6.45) is -3.28. The van der Waals surface area contributed by atoms with Gasteiger partial charge in [0, 0.05) is 23.7 Å². The largest absolute Gasteiger partial charge is 0.497 e. The van der Waals surface area contributed by atoms with E-state index < -0.39 is 35.9 Å². The van der Waals surface area contributed by atoms with E-state index in [2.05, 4.69) is 34.3 Å². The number of carbonyl (C=O) groups is 3. The maximum absolute atomic E-state index is 13.8. The highest BCUT2D eigenvalue weighted by atomic mass is 19.3. The fraction of sp³-hybridized carbons (Fsp3) is 0.240. The molecule has 4 amide bonds. The minimum atomic E-state index is -3.28. The Kier molecular flexibility index (Phi) is 9.78. The van der Waals surface area contributed by atoms with Gasteiger partial charge in [0.2, 0.25) is 0 Å². The molecule has 0 saturated heterocycles. The number of hydrogen-bond donors (Lipinski definition) is 5. The zero-order chi connectivity index (χ0) is 26.7. The second-order valence-electron chi connectivity index (χ2n) is 7.48. The molecular formula is C25H24F2N4O5. The highest BCUT2D eigenvalue weighted by Crippen LogP contribution is 2.21. The fourth-order valence-electron chi connectivity index (χ4n) is 2.91. The Morgan fingerprint density at radius 3 is 1.94 bits per heavy atom. The van der Waals surface area contributed by atoms with Gasteiger partial charge >= 0.3 is 6.03 Å². The van der Waals surface area contributed by atoms with Crippen LogP contribution in [-0.4, -0.2) is 55.2 Å². The highest BCUT2D eigenvalue weighted by Gasteiger charge is 2.48. The predicted octanol–water partition coefficient (Wildman–Crippen LogP) is 1.66. The summed E-state index contributed by atoms with van der Waals surface area (Å²) in [7, 11) is 2.76. The summed E-state index contributed by atoms with van der Waals surface area (Å²) in [4.78, 5) is 36.4. The molecule has 0 spiro atoms. The van der Waals surface area contributed by atoms with Gasteiger partial charge in [-0.25, -0.2) is 19.1 Å². The van der Waals surface area contributed by atoms with E-state index in [0.717, 1.165) is 12.5 Å². The van der Waals surface area contributed by atoms with Crippen molar-refractivity contribution >= 4 is 17.8 Å². The molecule has 9 nitrogen and oxygen atoms in total. The Hall–Kier alpha value is -4.61. The zero-order valence-electron chi connectivity index (χ0n) is 19.6. The smallest absolute Gasteiger partial charge is 0.315 e. The van der Waals surface area contributed by atoms with Crippen molar-refractivity contribution < 1.29 is 33.1 Å². The van der Waals surface area contributed by atoms with E-state index in [9.17, 15) is 23.2 Å². The quantitative estimate of drug-likeness (QED) is 0.225. The van der Waals surface area contributed by atoms with Gasteiger partial charge in [0.25, 0.3) is 18.2 Å². The summed E-state index contributed by atoms with van der Waals surface area (Å²) < 4.78 is 32.7. The second kappa shape index (κ2) is 12.7. The molecule has 188 valence electrons. The molecule has 2 atom stereocenters. The van der Waals surface area contributed by atoms with Crippen molar-refractivity contribution in [1.82, 2.24) is 21.4 Å². The number of hydroxylamine groups is 1. The first kappa shape index (κ1) is 27.6. The Morgan fingerprint density at radius 1 is 0.972 bits per heavy atom. The summed E-state index contributed by atoms with van der Waals surface area (Å²) in [5.41, 5.74) is -0.00997. The molecule has 2 aromatic rings. The van der Waals surface area contributed by atoms with Crippen LogP contribution >= 0.6 is 0 Å². The number of amides is 4. The average molecular weight is 498 g/mol. The number of halogens is 2. The summed E-state index contributed by atoms with van der Waals surface area (Å²) in [5, 5.41) is 15.2. The lowest BCUT2D eigenvalue weighted by Crippen LogP contribution is -2.69. The summed E-state index contributed by atoms with van der Waals surface area (Å²) in [6, 6.07) is 9.85. The van der Waals surface area contributed by atoms with Crippen LogP contribution in [-0.2, 0) is 4.79 Å². The lowest BCUT2D eigenvalue weighted by molar-refractivity contribution is -0.135. The van der Waals surface area contributed by atoms with E-state index in [4.69, 9.17) is 9.94 Å². The molecule has 0 aliphatic heterocycles. The number of methoxy groups -OCH3 is 1. The molecule has 0 heterocycles. The maximum Gasteiger partial charge on any atom is 0.315 e. The second-order valence-corrected chi connectivity index (χ2v) is 7.48. The van der Waals surface area contributed by atoms with E-state index in [1.807, 2.05) is 5.32 Å². The molecule has 0 aromatic heterocycles. The minimum Gasteiger partial charge on any atom is -0.497 e. The van der Waals surface area contributed by atoms with Crippen LogP contribution in [0.2, 0.25) is 0 Å². The first-order chi connectivity index (χ1) is 17.1. The number of nitrogens with one attached hydrogen (secondary N) is 4. The molecule has 0 fully saturated rings. The van der Waals surface area contributed by atoms with Gasteiger partial charge in [-0.3, -0.25) is 14.8 Å². The average Bonchev–Trinajstić information content (AvgIpc) is 2.89. The molecule has 0 radical (unpaired) electrons. The number of rotatable bonds is 7. The van der Waals surface area contributed by atoms with Gasteiger partial charge < -0.3 is 20.7 Å². The molecule has 36 heavy (non-hydrogen) atoms. The van der Waals surface area contributed by atoms with E-state index in [1.54, 1.807) is 31.4 Å². The van der Waals surface area contributed by atoms with Gasteiger partial charge in [-0.2, -0.15) is 0 Å². The van der Waals surface area contributed by atoms with Crippen LogP contribution in [0.1, 0.15) is 28.4 Å². The van der Waals surface area contributed by atoms with Crippen LogP contribution in [0.5, 0.6) is 5.75 Å². The number of benzene rings is 2. The Balaban J connectivity index is 2.16. The van der Waals surface area contributed by atoms with Gasteiger partial charge in [-0.15, -0.1) is 0 Å². The topological polar surface area (TPSA) is 129 Å². The molecule has 2 aromatic carbocycles. The standard InChI is InChI=1S/C25H24F2N4O5/c1-25(23(26)27,30-24(34)28-2)20(22(33)31-35)29-21(32)18-12-8-16(9-13-18)6-4-5-7-17-10-14-19(36-3)15-11-17/h8-15,20,23,35H,1-3H3,(H,29,32)(H,31,33)(H2,28,30,34). The van der Waals surface area contributed by atoms with Gasteiger partial charge in [0.1, 0.15) is 17.3 Å². The van der Waals surface area contributed by atoms with Gasteiger partial charge in [-0.1, -0.05) is 11.8 Å². The normalized spacial score (nSPS) is 12.4. The van der Waals surface area contributed by atoms with Gasteiger partial charge in [0.05, 0.1) is 7.11 Å². The zero-order valence-corrected chi connectivity index (χ0v) is 19.6. The van der Waals surface area contributed by atoms with E-state index in [1.165, 1.54) is 36.8 Å². The minimum absolute atomic E-state index is 0.0252. The molecule has 2 rings (SSSR count). The third kappa shape index (κ3) is 7.19. The summed E-state index contributed by atoms with van der Waals surface area (Å²) in [6.45, 7) is 0.860. The number of hydrogen-bond acceptors (Lipinski definition) is 5. The predicted molar refractivity (Wildman–Crippen MR) is 126 cm³/mol. The molecule has 2 unspecified atom stereocenters. The number of ether oxygens (including phenoxy) is 1. The van der Waals surface area contributed by atoms with Crippen molar-refractivity contribution in [3.63, 3.8) is 0 Å². The van der Waals surface area contributed by atoms with Crippen molar-refractivity contribution in [2.45, 2.75) is 24.9 Å². The van der Waals surface area contributed by atoms with Crippen molar-refractivity contribution in [2.75, 3.05) is 14.2 Å². The number of carbonyl (C=O) groups excluding carboxylic acids is 3. The van der Waals surface area contributed by atoms with Crippen molar-refractivity contribution in [3.05, 3.63) is 65.2 Å². The first-order valence-electron chi connectivity index (χ1n) is 10.4. The van der Waals surface area contributed by atoms with Crippen molar-refractivity contribution in [2.24, 2.45) is 0 Å². The molecule has 0 bridgehead atoms. The summed E-state index contributed by atoms with van der Waals surface area (Å²) >= 11 is 0. The molecule has 0 aliphatic carbocycles. The third-order valence-electron chi connectivity index (χ3n) is 5.02. The monoisotopic (exact) mass is 498 g/mol. The van der Waals surface area contributed by atoms with Crippen LogP contribution in [0, 0.1) is 23.7 Å². The molecular weight excluding hydrogens is 474 g/mol. The first-order valence-corrected chi connectivity index (χ1v) is 10.4. The van der Waals surface area contributed by atoms with Gasteiger partial charge in [-0.05, 0) is 67.3 Å². The molecule has 0 aliphatic rings. The van der Waals surface area contributed by atoms with Crippen LogP contribution < -0.4 is 26.2 Å². The van der Waals surface area contributed by atoms with Crippen molar-refractivity contribution in [3.8, 4) is 29.4 Å². The fourth-order valence-corrected chi connectivity index (χ4v) is 2.91. The Morgan fingerprint density at radius 2 is 1.50 bits per heavy atom. The SMILES string of the molecule is CNC(=O)NC(C)(C(F)F)C(NC(=O)c1ccc(C#CC#Cc2ccc(OC)cc2)cc1)C(=O)NO. The van der Waals surface area contributed by atoms with Crippen LogP contribution in [0.4, 0.5) is 13.6 Å². The lowest BCUT2D eigenvalue weighted by atomic mass is 9.91. The Bertz CT molecular complexity index is 1210. The van der Waals surface area contributed by atoms with Gasteiger partial charge in [0.15, 0.2) is 0 Å². The molecule has 5 N–H and O–H groups in total. The number of urea groups is 1.